The molecule has 0 saturated carbocycles. The summed E-state index contributed by atoms with van der Waals surface area (Å²) in [4.78, 5) is 9.50. The predicted molar refractivity (Wildman–Crippen MR) is 30.6 cm³/mol. The Balaban J connectivity index is 2.48. The summed E-state index contributed by atoms with van der Waals surface area (Å²) in [5.41, 5.74) is 0. The van der Waals surface area contributed by atoms with Gasteiger partial charge in [-0.25, -0.2) is 0 Å². The van der Waals surface area contributed by atoms with E-state index in [1.165, 1.54) is 18.0 Å². The summed E-state index contributed by atoms with van der Waals surface area (Å²) in [5, 5.41) is 11.5. The van der Waals surface area contributed by atoms with E-state index in [9.17, 15) is 10.1 Å². The summed E-state index contributed by atoms with van der Waals surface area (Å²) in [6, 6.07) is 0. The van der Waals surface area contributed by atoms with E-state index in [-0.39, 0.29) is 4.92 Å². The summed E-state index contributed by atoms with van der Waals surface area (Å²) in [6.45, 7) is 0. The second kappa shape index (κ2) is 2.15. The van der Waals surface area contributed by atoms with E-state index in [0.717, 1.165) is 0 Å². The first kappa shape index (κ1) is 5.58. The SMILES string of the molecule is O=[N+]([O-])C1C=CSN1. The predicted octanol–water partition coefficient (Wildman–Crippen LogP) is 0.354. The Bertz CT molecular complexity index is 135. The van der Waals surface area contributed by atoms with Gasteiger partial charge < -0.3 is 0 Å². The van der Waals surface area contributed by atoms with E-state index in [1.807, 2.05) is 0 Å². The molecule has 1 rings (SSSR count). The van der Waals surface area contributed by atoms with Gasteiger partial charge in [-0.1, -0.05) is 0 Å². The quantitative estimate of drug-likeness (QED) is 0.318. The van der Waals surface area contributed by atoms with Crippen LogP contribution in [0.25, 0.3) is 0 Å². The molecule has 1 aliphatic rings. The largest absolute Gasteiger partial charge is 0.294 e. The highest BCUT2D eigenvalue weighted by Crippen LogP contribution is 2.08. The molecule has 0 radical (unpaired) electrons. The molecule has 1 unspecified atom stereocenters. The minimum Gasteiger partial charge on any atom is -0.262 e. The second-order valence-electron chi connectivity index (χ2n) is 1.29. The van der Waals surface area contributed by atoms with Crippen molar-refractivity contribution in [1.82, 2.24) is 4.72 Å². The third-order valence-corrected chi connectivity index (χ3v) is 1.42. The topological polar surface area (TPSA) is 55.2 Å². The van der Waals surface area contributed by atoms with Crippen molar-refractivity contribution in [2.75, 3.05) is 0 Å². The molecule has 0 spiro atoms. The van der Waals surface area contributed by atoms with E-state index < -0.39 is 6.17 Å². The van der Waals surface area contributed by atoms with Gasteiger partial charge in [0.1, 0.15) is 0 Å². The van der Waals surface area contributed by atoms with E-state index in [0.29, 0.717) is 0 Å². The molecule has 0 bridgehead atoms. The van der Waals surface area contributed by atoms with Gasteiger partial charge in [0.25, 0.3) is 6.17 Å². The molecule has 1 aliphatic heterocycles. The van der Waals surface area contributed by atoms with Crippen molar-refractivity contribution in [2.24, 2.45) is 0 Å². The Morgan fingerprint density at radius 3 is 2.88 bits per heavy atom. The summed E-state index contributed by atoms with van der Waals surface area (Å²) in [7, 11) is 0. The lowest BCUT2D eigenvalue weighted by Gasteiger charge is -1.94. The van der Waals surface area contributed by atoms with Gasteiger partial charge in [0.2, 0.25) is 0 Å². The lowest BCUT2D eigenvalue weighted by molar-refractivity contribution is -0.511. The van der Waals surface area contributed by atoms with Crippen LogP contribution in [0.1, 0.15) is 0 Å². The van der Waals surface area contributed by atoms with Gasteiger partial charge in [0.15, 0.2) is 0 Å². The van der Waals surface area contributed by atoms with Crippen molar-refractivity contribution in [3.63, 3.8) is 0 Å². The van der Waals surface area contributed by atoms with Crippen LogP contribution in [-0.2, 0) is 0 Å². The summed E-state index contributed by atoms with van der Waals surface area (Å²) >= 11 is 1.24. The van der Waals surface area contributed by atoms with Crippen LogP contribution >= 0.6 is 11.9 Å². The van der Waals surface area contributed by atoms with Gasteiger partial charge in [-0.15, -0.1) is 0 Å². The number of hydrogen-bond acceptors (Lipinski definition) is 4. The molecule has 5 heteroatoms. The van der Waals surface area contributed by atoms with Gasteiger partial charge in [0, 0.05) is 11.0 Å². The van der Waals surface area contributed by atoms with Crippen LogP contribution in [-0.4, -0.2) is 11.1 Å². The molecule has 44 valence electrons. The number of hydrogen-bond donors (Lipinski definition) is 1. The van der Waals surface area contributed by atoms with Crippen LogP contribution in [0.5, 0.6) is 0 Å². The molecule has 0 aromatic carbocycles. The Morgan fingerprint density at radius 1 is 1.88 bits per heavy atom. The smallest absolute Gasteiger partial charge is 0.262 e. The molecule has 0 aliphatic carbocycles. The monoisotopic (exact) mass is 132 g/mol. The molecule has 1 N–H and O–H groups in total. The fourth-order valence-electron chi connectivity index (χ4n) is 0.375. The molecule has 0 amide bonds. The average Bonchev–Trinajstić information content (AvgIpc) is 2.12. The van der Waals surface area contributed by atoms with Gasteiger partial charge >= 0.3 is 0 Å². The third kappa shape index (κ3) is 0.988. The zero-order valence-corrected chi connectivity index (χ0v) is 4.72. The first-order chi connectivity index (χ1) is 3.80. The number of rotatable bonds is 1. The standard InChI is InChI=1S/C3H4N2O2S/c6-5(7)3-1-2-8-4-3/h1-4H. The first-order valence-corrected chi connectivity index (χ1v) is 2.90. The lowest BCUT2D eigenvalue weighted by atomic mass is 10.5. The molecule has 0 saturated heterocycles. The van der Waals surface area contributed by atoms with Crippen molar-refractivity contribution in [2.45, 2.75) is 6.17 Å². The minimum atomic E-state index is -0.681. The summed E-state index contributed by atoms with van der Waals surface area (Å²) in [5.74, 6) is 0. The maximum absolute atomic E-state index is 9.88. The highest BCUT2D eigenvalue weighted by atomic mass is 32.2. The zero-order chi connectivity index (χ0) is 5.98. The summed E-state index contributed by atoms with van der Waals surface area (Å²) < 4.78 is 2.56. The number of nitrogens with one attached hydrogen (secondary N) is 1. The Labute approximate surface area is 50.2 Å². The molecule has 0 aromatic heterocycles. The normalized spacial score (nSPS) is 26.2. The van der Waals surface area contributed by atoms with Crippen LogP contribution in [0.3, 0.4) is 0 Å². The molecule has 0 aromatic rings. The molecule has 1 atom stereocenters. The highest BCUT2D eigenvalue weighted by Gasteiger charge is 2.17. The summed E-state index contributed by atoms with van der Waals surface area (Å²) in [6.07, 6.45) is 0.824. The maximum Gasteiger partial charge on any atom is 0.294 e. The first-order valence-electron chi connectivity index (χ1n) is 2.02. The number of nitro groups is 1. The van der Waals surface area contributed by atoms with Crippen molar-refractivity contribution in [1.29, 1.82) is 0 Å². The number of nitrogens with zero attached hydrogens (tertiary/aromatic N) is 1. The fraction of sp³-hybridized carbons (Fsp3) is 0.333. The van der Waals surface area contributed by atoms with Gasteiger partial charge in [-0.2, -0.15) is 4.72 Å². The van der Waals surface area contributed by atoms with Gasteiger partial charge in [0.05, 0.1) is 0 Å². The van der Waals surface area contributed by atoms with E-state index in [2.05, 4.69) is 4.72 Å². The van der Waals surface area contributed by atoms with Crippen molar-refractivity contribution < 1.29 is 4.92 Å². The van der Waals surface area contributed by atoms with Crippen molar-refractivity contribution in [3.8, 4) is 0 Å². The maximum atomic E-state index is 9.88. The Hall–Kier alpha value is -0.550. The highest BCUT2D eigenvalue weighted by molar-refractivity contribution is 8.00. The van der Waals surface area contributed by atoms with Gasteiger partial charge in [-0.05, 0) is 17.4 Å². The van der Waals surface area contributed by atoms with Crippen LogP contribution in [0, 0.1) is 10.1 Å². The van der Waals surface area contributed by atoms with Gasteiger partial charge in [-0.3, -0.25) is 10.1 Å². The van der Waals surface area contributed by atoms with E-state index >= 15 is 0 Å². The average molecular weight is 132 g/mol. The second-order valence-corrected chi connectivity index (χ2v) is 2.04. The fourth-order valence-corrected chi connectivity index (χ4v) is 0.985. The molecule has 1 heterocycles. The lowest BCUT2D eigenvalue weighted by Crippen LogP contribution is -2.25. The van der Waals surface area contributed by atoms with E-state index in [4.69, 9.17) is 0 Å². The van der Waals surface area contributed by atoms with Crippen molar-refractivity contribution in [3.05, 3.63) is 21.6 Å². The molecular weight excluding hydrogens is 128 g/mol. The zero-order valence-electron chi connectivity index (χ0n) is 3.90. The van der Waals surface area contributed by atoms with Crippen LogP contribution in [0.2, 0.25) is 0 Å². The molecular formula is C3H4N2O2S. The Kier molecular flexibility index (Phi) is 1.50. The molecule has 8 heavy (non-hydrogen) atoms. The molecule has 4 nitrogen and oxygen atoms in total. The Morgan fingerprint density at radius 2 is 2.62 bits per heavy atom. The third-order valence-electron chi connectivity index (χ3n) is 0.745. The van der Waals surface area contributed by atoms with Crippen LogP contribution < -0.4 is 4.72 Å². The minimum absolute atomic E-state index is 0.378. The van der Waals surface area contributed by atoms with Crippen LogP contribution in [0.4, 0.5) is 0 Å². The van der Waals surface area contributed by atoms with Crippen LogP contribution in [0.15, 0.2) is 11.5 Å². The molecule has 0 fully saturated rings. The van der Waals surface area contributed by atoms with Crippen molar-refractivity contribution >= 4 is 11.9 Å². The van der Waals surface area contributed by atoms with E-state index in [1.54, 1.807) is 5.41 Å².